The van der Waals surface area contributed by atoms with Crippen molar-refractivity contribution in [2.24, 2.45) is 0 Å². The molecule has 0 saturated carbocycles. The Hall–Kier alpha value is -1.62. The molecule has 0 unspecified atom stereocenters. The predicted molar refractivity (Wildman–Crippen MR) is 66.0 cm³/mol. The fourth-order valence-electron chi connectivity index (χ4n) is 1.44. The summed E-state index contributed by atoms with van der Waals surface area (Å²) >= 11 is 5.88. The number of pyridine rings is 1. The minimum Gasteiger partial charge on any atom is -0.421 e. The van der Waals surface area contributed by atoms with Crippen molar-refractivity contribution in [1.29, 1.82) is 0 Å². The maximum Gasteiger partial charge on any atom is 0.251 e. The normalized spacial score (nSPS) is 10.9. The number of aryl methyl sites for hydroxylation is 1. The molecule has 0 aliphatic carbocycles. The summed E-state index contributed by atoms with van der Waals surface area (Å²) in [5.74, 6) is 0.959. The van der Waals surface area contributed by atoms with Gasteiger partial charge in [0.05, 0.1) is 11.3 Å². The Morgan fingerprint density at radius 2 is 2.12 bits per heavy atom. The Kier molecular flexibility index (Phi) is 3.28. The van der Waals surface area contributed by atoms with E-state index in [0.29, 0.717) is 16.9 Å². The van der Waals surface area contributed by atoms with Gasteiger partial charge >= 0.3 is 0 Å². The first kappa shape index (κ1) is 11.9. The van der Waals surface area contributed by atoms with Crippen LogP contribution in [0.3, 0.4) is 0 Å². The molecular weight excluding hydrogens is 240 g/mol. The van der Waals surface area contributed by atoms with Crippen LogP contribution in [0.5, 0.6) is 0 Å². The lowest BCUT2D eigenvalue weighted by Gasteiger charge is -2.12. The van der Waals surface area contributed by atoms with Crippen molar-refractivity contribution in [1.82, 2.24) is 15.2 Å². The first-order chi connectivity index (χ1) is 8.06. The fraction of sp³-hybridized carbons (Fsp3) is 0.364. The summed E-state index contributed by atoms with van der Waals surface area (Å²) in [6, 6.07) is 2.02. The molecule has 1 N–H and O–H groups in total. The average Bonchev–Trinajstić information content (AvgIpc) is 2.64. The number of anilines is 1. The summed E-state index contributed by atoms with van der Waals surface area (Å²) in [4.78, 5) is 4.03. The molecule has 0 aromatic carbocycles. The van der Waals surface area contributed by atoms with Crippen LogP contribution in [-0.4, -0.2) is 21.2 Å². The van der Waals surface area contributed by atoms with Gasteiger partial charge in [0.1, 0.15) is 5.15 Å². The van der Waals surface area contributed by atoms with E-state index in [4.69, 9.17) is 16.0 Å². The van der Waals surface area contributed by atoms with Crippen LogP contribution in [-0.2, 0) is 0 Å². The van der Waals surface area contributed by atoms with Gasteiger partial charge in [0.25, 0.3) is 5.89 Å². The van der Waals surface area contributed by atoms with Gasteiger partial charge in [-0.25, -0.2) is 4.98 Å². The van der Waals surface area contributed by atoms with E-state index in [1.807, 2.05) is 13.8 Å². The van der Waals surface area contributed by atoms with E-state index in [9.17, 15) is 0 Å². The minimum absolute atomic E-state index is 0.274. The van der Waals surface area contributed by atoms with Gasteiger partial charge in [-0.15, -0.1) is 10.2 Å². The zero-order valence-electron chi connectivity index (χ0n) is 9.86. The van der Waals surface area contributed by atoms with Crippen molar-refractivity contribution < 1.29 is 4.42 Å². The molecule has 0 fully saturated rings. The van der Waals surface area contributed by atoms with E-state index < -0.39 is 0 Å². The molecule has 0 atom stereocenters. The second-order valence-electron chi connectivity index (χ2n) is 3.98. The predicted octanol–water partition coefficient (Wildman–Crippen LogP) is 2.91. The molecule has 2 heterocycles. The third-order valence-corrected chi connectivity index (χ3v) is 2.28. The molecule has 90 valence electrons. The maximum absolute atomic E-state index is 5.88. The highest BCUT2D eigenvalue weighted by atomic mass is 35.5. The molecule has 0 spiro atoms. The monoisotopic (exact) mass is 252 g/mol. The number of aromatic nitrogens is 3. The molecular formula is C11H13ClN4O. The molecule has 17 heavy (non-hydrogen) atoms. The number of hydrogen-bond donors (Lipinski definition) is 1. The van der Waals surface area contributed by atoms with E-state index >= 15 is 0 Å². The van der Waals surface area contributed by atoms with Crippen LogP contribution in [0.15, 0.2) is 16.7 Å². The number of halogens is 1. The maximum atomic E-state index is 5.88. The van der Waals surface area contributed by atoms with Crippen molar-refractivity contribution in [3.63, 3.8) is 0 Å². The Bertz CT molecular complexity index is 524. The summed E-state index contributed by atoms with van der Waals surface area (Å²) in [5, 5.41) is 11.5. The van der Waals surface area contributed by atoms with E-state index in [1.165, 1.54) is 0 Å². The SMILES string of the molecule is Cc1nnc(-c2cnc(Cl)cc2NC(C)C)o1. The topological polar surface area (TPSA) is 63.8 Å². The Balaban J connectivity index is 2.45. The van der Waals surface area contributed by atoms with Gasteiger partial charge < -0.3 is 9.73 Å². The molecule has 2 aromatic heterocycles. The van der Waals surface area contributed by atoms with Crippen LogP contribution >= 0.6 is 11.6 Å². The smallest absolute Gasteiger partial charge is 0.251 e. The third-order valence-electron chi connectivity index (χ3n) is 2.07. The molecule has 0 bridgehead atoms. The fourth-order valence-corrected chi connectivity index (χ4v) is 1.59. The lowest BCUT2D eigenvalue weighted by molar-refractivity contribution is 0.532. The first-order valence-electron chi connectivity index (χ1n) is 5.29. The van der Waals surface area contributed by atoms with Gasteiger partial charge in [-0.1, -0.05) is 11.6 Å². The van der Waals surface area contributed by atoms with Crippen LogP contribution in [0.1, 0.15) is 19.7 Å². The Labute approximate surface area is 104 Å². The molecule has 0 aliphatic heterocycles. The van der Waals surface area contributed by atoms with Gasteiger partial charge in [0.2, 0.25) is 5.89 Å². The summed E-state index contributed by atoms with van der Waals surface area (Å²) in [5.41, 5.74) is 1.59. The van der Waals surface area contributed by atoms with Gasteiger partial charge in [0, 0.05) is 19.2 Å². The number of rotatable bonds is 3. The zero-order valence-corrected chi connectivity index (χ0v) is 10.6. The quantitative estimate of drug-likeness (QED) is 0.851. The van der Waals surface area contributed by atoms with Gasteiger partial charge in [-0.2, -0.15) is 0 Å². The number of nitrogens with one attached hydrogen (secondary N) is 1. The highest BCUT2D eigenvalue weighted by Crippen LogP contribution is 2.28. The summed E-state index contributed by atoms with van der Waals surface area (Å²) < 4.78 is 5.39. The minimum atomic E-state index is 0.274. The second kappa shape index (κ2) is 4.71. The highest BCUT2D eigenvalue weighted by Gasteiger charge is 2.13. The Morgan fingerprint density at radius 1 is 1.35 bits per heavy atom. The Morgan fingerprint density at radius 3 is 2.71 bits per heavy atom. The van der Waals surface area contributed by atoms with Crippen molar-refractivity contribution in [3.05, 3.63) is 23.3 Å². The van der Waals surface area contributed by atoms with Crippen LogP contribution in [0, 0.1) is 6.92 Å². The van der Waals surface area contributed by atoms with Crippen LogP contribution in [0.25, 0.3) is 11.5 Å². The average molecular weight is 253 g/mol. The van der Waals surface area contributed by atoms with Gasteiger partial charge in [-0.05, 0) is 19.9 Å². The van der Waals surface area contributed by atoms with Crippen LogP contribution in [0.4, 0.5) is 5.69 Å². The summed E-state index contributed by atoms with van der Waals surface area (Å²) in [7, 11) is 0. The van der Waals surface area contributed by atoms with Crippen molar-refractivity contribution in [2.75, 3.05) is 5.32 Å². The summed E-state index contributed by atoms with van der Waals surface area (Å²) in [6.45, 7) is 5.82. The highest BCUT2D eigenvalue weighted by molar-refractivity contribution is 6.29. The molecule has 0 aliphatic rings. The van der Waals surface area contributed by atoms with Crippen molar-refractivity contribution >= 4 is 17.3 Å². The number of nitrogens with zero attached hydrogens (tertiary/aromatic N) is 3. The lowest BCUT2D eigenvalue weighted by atomic mass is 10.2. The van der Waals surface area contributed by atoms with E-state index in [-0.39, 0.29) is 6.04 Å². The number of hydrogen-bond acceptors (Lipinski definition) is 5. The first-order valence-corrected chi connectivity index (χ1v) is 5.66. The van der Waals surface area contributed by atoms with Crippen molar-refractivity contribution in [3.8, 4) is 11.5 Å². The van der Waals surface area contributed by atoms with E-state index in [2.05, 4.69) is 20.5 Å². The second-order valence-corrected chi connectivity index (χ2v) is 4.37. The molecule has 6 heteroatoms. The molecule has 0 saturated heterocycles. The largest absolute Gasteiger partial charge is 0.421 e. The zero-order chi connectivity index (χ0) is 12.4. The van der Waals surface area contributed by atoms with E-state index in [1.54, 1.807) is 19.2 Å². The van der Waals surface area contributed by atoms with Gasteiger partial charge in [0.15, 0.2) is 0 Å². The molecule has 0 amide bonds. The standard InChI is InChI=1S/C11H13ClN4O/c1-6(2)14-9-4-10(12)13-5-8(9)11-16-15-7(3)17-11/h4-6H,1-3H3,(H,13,14). The van der Waals surface area contributed by atoms with E-state index in [0.717, 1.165) is 11.3 Å². The van der Waals surface area contributed by atoms with Gasteiger partial charge in [-0.3, -0.25) is 0 Å². The molecule has 2 aromatic rings. The lowest BCUT2D eigenvalue weighted by Crippen LogP contribution is -2.10. The third kappa shape index (κ3) is 2.74. The molecule has 2 rings (SSSR count). The van der Waals surface area contributed by atoms with Crippen molar-refractivity contribution in [2.45, 2.75) is 26.8 Å². The molecule has 5 nitrogen and oxygen atoms in total. The molecule has 0 radical (unpaired) electrons. The summed E-state index contributed by atoms with van der Waals surface area (Å²) in [6.07, 6.45) is 1.62. The van der Waals surface area contributed by atoms with Crippen LogP contribution in [0.2, 0.25) is 5.15 Å². The van der Waals surface area contributed by atoms with Crippen LogP contribution < -0.4 is 5.32 Å².